The molecule has 2 aromatic rings. The fourth-order valence-electron chi connectivity index (χ4n) is 2.07. The van der Waals surface area contributed by atoms with Gasteiger partial charge >= 0.3 is 5.97 Å². The van der Waals surface area contributed by atoms with Gasteiger partial charge in [-0.25, -0.2) is 4.79 Å². The van der Waals surface area contributed by atoms with Gasteiger partial charge in [-0.1, -0.05) is 29.8 Å². The highest BCUT2D eigenvalue weighted by molar-refractivity contribution is 5.96. The van der Waals surface area contributed by atoms with Crippen molar-refractivity contribution in [3.05, 3.63) is 53.6 Å². The predicted octanol–water partition coefficient (Wildman–Crippen LogP) is 4.15. The average Bonchev–Trinajstić information content (AvgIpc) is 2.38. The second kappa shape index (κ2) is 5.78. The molecule has 0 aliphatic carbocycles. The Balaban J connectivity index is 2.41. The van der Waals surface area contributed by atoms with E-state index in [1.807, 2.05) is 57.2 Å². The minimum Gasteiger partial charge on any atom is -0.491 e. The number of aromatic carboxylic acids is 1. The number of hydrogen-bond donors (Lipinski definition) is 1. The molecule has 0 saturated carbocycles. The number of aryl methyl sites for hydroxylation is 1. The number of hydrogen-bond acceptors (Lipinski definition) is 2. The van der Waals surface area contributed by atoms with E-state index in [1.54, 1.807) is 6.07 Å². The van der Waals surface area contributed by atoms with Gasteiger partial charge in [0, 0.05) is 0 Å². The molecule has 0 aromatic heterocycles. The highest BCUT2D eigenvalue weighted by Gasteiger charge is 2.11. The van der Waals surface area contributed by atoms with E-state index in [9.17, 15) is 9.90 Å². The lowest BCUT2D eigenvalue weighted by Crippen LogP contribution is -2.05. The van der Waals surface area contributed by atoms with Crippen molar-refractivity contribution in [3.8, 4) is 16.9 Å². The van der Waals surface area contributed by atoms with Crippen molar-refractivity contribution in [2.75, 3.05) is 0 Å². The van der Waals surface area contributed by atoms with Crippen LogP contribution < -0.4 is 4.74 Å². The third kappa shape index (κ3) is 3.18. The van der Waals surface area contributed by atoms with Crippen molar-refractivity contribution in [2.24, 2.45) is 0 Å². The van der Waals surface area contributed by atoms with Gasteiger partial charge < -0.3 is 9.84 Å². The maximum Gasteiger partial charge on any atom is 0.336 e. The third-order valence-corrected chi connectivity index (χ3v) is 2.94. The summed E-state index contributed by atoms with van der Waals surface area (Å²) in [6.07, 6.45) is 0.120. The number of rotatable bonds is 4. The monoisotopic (exact) mass is 270 g/mol. The van der Waals surface area contributed by atoms with E-state index in [0.29, 0.717) is 5.56 Å². The van der Waals surface area contributed by atoms with Gasteiger partial charge in [-0.05, 0) is 50.1 Å². The van der Waals surface area contributed by atoms with E-state index >= 15 is 0 Å². The van der Waals surface area contributed by atoms with Crippen LogP contribution in [0.5, 0.6) is 5.75 Å². The summed E-state index contributed by atoms with van der Waals surface area (Å²) in [5, 5.41) is 9.27. The lowest BCUT2D eigenvalue weighted by Gasteiger charge is -2.11. The maximum atomic E-state index is 11.3. The molecule has 0 bridgehead atoms. The van der Waals surface area contributed by atoms with Crippen LogP contribution in [0.2, 0.25) is 0 Å². The molecule has 0 spiro atoms. The van der Waals surface area contributed by atoms with Crippen LogP contribution >= 0.6 is 0 Å². The first-order valence-electron chi connectivity index (χ1n) is 6.58. The lowest BCUT2D eigenvalue weighted by molar-refractivity contribution is 0.0697. The van der Waals surface area contributed by atoms with E-state index in [-0.39, 0.29) is 6.10 Å². The molecule has 104 valence electrons. The normalized spacial score (nSPS) is 10.6. The van der Waals surface area contributed by atoms with Crippen molar-refractivity contribution in [1.82, 2.24) is 0 Å². The number of carboxylic acid groups (broad SMARTS) is 1. The lowest BCUT2D eigenvalue weighted by atomic mass is 9.97. The second-order valence-corrected chi connectivity index (χ2v) is 5.05. The van der Waals surface area contributed by atoms with Crippen LogP contribution in [0, 0.1) is 6.92 Å². The molecule has 0 heterocycles. The number of ether oxygens (including phenoxy) is 1. The van der Waals surface area contributed by atoms with E-state index in [1.165, 1.54) is 0 Å². The van der Waals surface area contributed by atoms with E-state index in [2.05, 4.69) is 0 Å². The standard InChI is InChI=1S/C17H18O3/c1-11(2)20-14-7-5-13(6-8-14)16-10-12(3)4-9-15(16)17(18)19/h4-11H,1-3H3,(H,18,19). The zero-order valence-corrected chi connectivity index (χ0v) is 11.9. The molecule has 0 amide bonds. The Kier molecular flexibility index (Phi) is 4.08. The molecule has 0 radical (unpaired) electrons. The summed E-state index contributed by atoms with van der Waals surface area (Å²) < 4.78 is 5.59. The molecule has 2 aromatic carbocycles. The molecule has 1 N–H and O–H groups in total. The first kappa shape index (κ1) is 14.1. The SMILES string of the molecule is Cc1ccc(C(=O)O)c(-c2ccc(OC(C)C)cc2)c1. The molecule has 0 atom stereocenters. The first-order valence-corrected chi connectivity index (χ1v) is 6.58. The molecule has 3 nitrogen and oxygen atoms in total. The molecule has 0 saturated heterocycles. The summed E-state index contributed by atoms with van der Waals surface area (Å²) in [4.78, 5) is 11.3. The highest BCUT2D eigenvalue weighted by Crippen LogP contribution is 2.27. The van der Waals surface area contributed by atoms with Crippen molar-refractivity contribution in [2.45, 2.75) is 26.9 Å². The molecule has 0 aliphatic heterocycles. The smallest absolute Gasteiger partial charge is 0.336 e. The molecule has 3 heteroatoms. The Morgan fingerprint density at radius 2 is 1.75 bits per heavy atom. The zero-order valence-electron chi connectivity index (χ0n) is 11.9. The van der Waals surface area contributed by atoms with Gasteiger partial charge in [-0.3, -0.25) is 0 Å². The Morgan fingerprint density at radius 3 is 2.30 bits per heavy atom. The Labute approximate surface area is 118 Å². The van der Waals surface area contributed by atoms with Gasteiger partial charge in [-0.2, -0.15) is 0 Å². The molecule has 0 aliphatic rings. The van der Waals surface area contributed by atoms with E-state index < -0.39 is 5.97 Å². The Hall–Kier alpha value is -2.29. The van der Waals surface area contributed by atoms with Gasteiger partial charge in [0.15, 0.2) is 0 Å². The van der Waals surface area contributed by atoms with Crippen molar-refractivity contribution in [1.29, 1.82) is 0 Å². The van der Waals surface area contributed by atoms with Gasteiger partial charge in [0.05, 0.1) is 11.7 Å². The van der Waals surface area contributed by atoms with Gasteiger partial charge in [-0.15, -0.1) is 0 Å². The van der Waals surface area contributed by atoms with Gasteiger partial charge in [0.1, 0.15) is 5.75 Å². The van der Waals surface area contributed by atoms with Crippen LogP contribution in [-0.4, -0.2) is 17.2 Å². The van der Waals surface area contributed by atoms with Gasteiger partial charge in [0.25, 0.3) is 0 Å². The van der Waals surface area contributed by atoms with Crippen LogP contribution in [0.3, 0.4) is 0 Å². The number of benzene rings is 2. The summed E-state index contributed by atoms with van der Waals surface area (Å²) in [6.45, 7) is 5.89. The topological polar surface area (TPSA) is 46.5 Å². The third-order valence-electron chi connectivity index (χ3n) is 2.94. The Bertz CT molecular complexity index is 613. The van der Waals surface area contributed by atoms with Crippen LogP contribution in [0.1, 0.15) is 29.8 Å². The van der Waals surface area contributed by atoms with Gasteiger partial charge in [0.2, 0.25) is 0 Å². The second-order valence-electron chi connectivity index (χ2n) is 5.05. The first-order chi connectivity index (χ1) is 9.47. The largest absolute Gasteiger partial charge is 0.491 e. The van der Waals surface area contributed by atoms with Crippen molar-refractivity contribution < 1.29 is 14.6 Å². The minimum absolute atomic E-state index is 0.120. The highest BCUT2D eigenvalue weighted by atomic mass is 16.5. The fourth-order valence-corrected chi connectivity index (χ4v) is 2.07. The number of carbonyl (C=O) groups is 1. The molecule has 2 rings (SSSR count). The summed E-state index contributed by atoms with van der Waals surface area (Å²) in [5.74, 6) is -0.129. The molecular formula is C17H18O3. The van der Waals surface area contributed by atoms with Crippen LogP contribution in [0.15, 0.2) is 42.5 Å². The number of carboxylic acids is 1. The zero-order chi connectivity index (χ0) is 14.7. The molecule has 0 fully saturated rings. The van der Waals surface area contributed by atoms with E-state index in [4.69, 9.17) is 4.74 Å². The van der Waals surface area contributed by atoms with Crippen LogP contribution in [-0.2, 0) is 0 Å². The predicted molar refractivity (Wildman–Crippen MR) is 79.3 cm³/mol. The Morgan fingerprint density at radius 1 is 1.10 bits per heavy atom. The summed E-state index contributed by atoms with van der Waals surface area (Å²) in [7, 11) is 0. The summed E-state index contributed by atoms with van der Waals surface area (Å²) in [6, 6.07) is 12.8. The minimum atomic E-state index is -0.914. The fraction of sp³-hybridized carbons (Fsp3) is 0.235. The molecular weight excluding hydrogens is 252 g/mol. The van der Waals surface area contributed by atoms with Crippen molar-refractivity contribution >= 4 is 5.97 Å². The summed E-state index contributed by atoms with van der Waals surface area (Å²) in [5.41, 5.74) is 2.96. The quantitative estimate of drug-likeness (QED) is 0.907. The van der Waals surface area contributed by atoms with E-state index in [0.717, 1.165) is 22.4 Å². The molecule has 20 heavy (non-hydrogen) atoms. The van der Waals surface area contributed by atoms with Crippen LogP contribution in [0.25, 0.3) is 11.1 Å². The molecule has 0 unspecified atom stereocenters. The average molecular weight is 270 g/mol. The maximum absolute atomic E-state index is 11.3. The van der Waals surface area contributed by atoms with Crippen molar-refractivity contribution in [3.63, 3.8) is 0 Å². The summed E-state index contributed by atoms with van der Waals surface area (Å²) >= 11 is 0. The van der Waals surface area contributed by atoms with Crippen LogP contribution in [0.4, 0.5) is 0 Å².